The number of amides is 2. The van der Waals surface area contributed by atoms with Gasteiger partial charge >= 0.3 is 0 Å². The number of anilines is 2. The molecule has 8 aromatic rings. The van der Waals surface area contributed by atoms with E-state index in [1.807, 2.05) is 42.7 Å². The molecule has 9 heterocycles. The van der Waals surface area contributed by atoms with Gasteiger partial charge < -0.3 is 32.8 Å². The van der Waals surface area contributed by atoms with Gasteiger partial charge in [-0.25, -0.2) is 23.5 Å². The van der Waals surface area contributed by atoms with Crippen LogP contribution in [0.3, 0.4) is 0 Å². The first kappa shape index (κ1) is 51.8. The van der Waals surface area contributed by atoms with Crippen molar-refractivity contribution in [3.05, 3.63) is 95.6 Å². The number of hydrogen-bond donors (Lipinski definition) is 2. The van der Waals surface area contributed by atoms with Gasteiger partial charge in [-0.05, 0) is 100 Å². The highest BCUT2D eigenvalue weighted by molar-refractivity contribution is 7.92. The largest absolute Gasteiger partial charge is 0.477 e. The fraction of sp³-hybridized carbons (Fsp3) is 0.407. The lowest BCUT2D eigenvalue weighted by atomic mass is 10.1. The number of pyridine rings is 2. The van der Waals surface area contributed by atoms with E-state index >= 15 is 0 Å². The minimum Gasteiger partial charge on any atom is -0.477 e. The summed E-state index contributed by atoms with van der Waals surface area (Å²) in [5.41, 5.74) is 7.55. The summed E-state index contributed by atoms with van der Waals surface area (Å²) >= 11 is 0. The van der Waals surface area contributed by atoms with Crippen LogP contribution in [0.25, 0.3) is 44.6 Å². The van der Waals surface area contributed by atoms with Gasteiger partial charge in [0.15, 0.2) is 0 Å². The SMILES string of the molecule is Cc1cc2cc(n1)-c1cnn(CCc3cc4cc(n3)-c3cnn(C)c3OCCO[C@@H](C)Cn3c(nc5ccc(N=S(C)(C)=O)cc53)NC4=O)c1OCCC[C@@H](C)Cn1c(nc3ccc(P4(=O)CCN(C)CC4)cc31)NC2=O. The third-order valence-electron chi connectivity index (χ3n) is 14.3. The highest BCUT2D eigenvalue weighted by Crippen LogP contribution is 2.46. The molecule has 2 amide bonds. The first-order valence-electron chi connectivity index (χ1n) is 26.0. The van der Waals surface area contributed by atoms with Crippen molar-refractivity contribution in [1.29, 1.82) is 0 Å². The minimum atomic E-state index is -2.60. The predicted molar refractivity (Wildman–Crippen MR) is 297 cm³/mol. The lowest BCUT2D eigenvalue weighted by Crippen LogP contribution is -2.34. The molecule has 3 aliphatic heterocycles. The summed E-state index contributed by atoms with van der Waals surface area (Å²) in [6.07, 6.45) is 9.33. The van der Waals surface area contributed by atoms with Gasteiger partial charge in [-0.3, -0.25) is 30.2 Å². The smallest absolute Gasteiger partial charge is 0.258 e. The topological polar surface area (TPSA) is 233 Å². The second-order valence-corrected chi connectivity index (χ2v) is 26.6. The van der Waals surface area contributed by atoms with Crippen LogP contribution < -0.4 is 25.4 Å². The molecule has 402 valence electrons. The van der Waals surface area contributed by atoms with Gasteiger partial charge in [0, 0.05) is 95.5 Å². The first-order valence-corrected chi connectivity index (χ1v) is 30.4. The van der Waals surface area contributed by atoms with Gasteiger partial charge in [0.1, 0.15) is 13.7 Å². The molecule has 0 unspecified atom stereocenters. The van der Waals surface area contributed by atoms with Crippen molar-refractivity contribution >= 4 is 73.6 Å². The van der Waals surface area contributed by atoms with E-state index in [-0.39, 0.29) is 31.1 Å². The third kappa shape index (κ3) is 11.0. The Kier molecular flexibility index (Phi) is 14.1. The zero-order valence-electron chi connectivity index (χ0n) is 44.4. The summed E-state index contributed by atoms with van der Waals surface area (Å²) in [5.74, 6) is 1.08. The Balaban J connectivity index is 0.909. The van der Waals surface area contributed by atoms with E-state index < -0.39 is 22.8 Å². The number of fused-ring (bicyclic) bond motifs is 14. The molecule has 1 saturated heterocycles. The van der Waals surface area contributed by atoms with E-state index in [2.05, 4.69) is 43.5 Å². The average molecular weight is 1080 g/mol. The number of nitrogens with one attached hydrogen (secondary N) is 2. The molecule has 4 bridgehead atoms. The second-order valence-electron chi connectivity index (χ2n) is 20.8. The molecule has 0 spiro atoms. The molecular weight excluding hydrogens is 1020 g/mol. The van der Waals surface area contributed by atoms with Crippen molar-refractivity contribution in [3.63, 3.8) is 0 Å². The number of aryl methyl sites for hydroxylation is 4. The summed E-state index contributed by atoms with van der Waals surface area (Å²) < 4.78 is 57.9. The molecule has 2 N–H and O–H groups in total. The van der Waals surface area contributed by atoms with Gasteiger partial charge in [-0.2, -0.15) is 14.6 Å². The molecule has 3 aliphatic rings. The molecule has 0 radical (unpaired) electrons. The van der Waals surface area contributed by atoms with Gasteiger partial charge in [-0.1, -0.05) is 6.92 Å². The Bertz CT molecular complexity index is 3780. The summed E-state index contributed by atoms with van der Waals surface area (Å²) in [6, 6.07) is 18.2. The molecule has 0 saturated carbocycles. The predicted octanol–water partition coefficient (Wildman–Crippen LogP) is 7.39. The summed E-state index contributed by atoms with van der Waals surface area (Å²) in [6.45, 7) is 9.60. The Morgan fingerprint density at radius 2 is 1.40 bits per heavy atom. The quantitative estimate of drug-likeness (QED) is 0.160. The van der Waals surface area contributed by atoms with Crippen molar-refractivity contribution in [2.45, 2.75) is 65.8 Å². The zero-order chi connectivity index (χ0) is 53.8. The number of ether oxygens (including phenoxy) is 3. The maximum atomic E-state index is 14.6. The maximum Gasteiger partial charge on any atom is 0.258 e. The van der Waals surface area contributed by atoms with E-state index in [0.29, 0.717) is 137 Å². The average Bonchev–Trinajstić information content (AvgIpc) is 4.26. The van der Waals surface area contributed by atoms with Gasteiger partial charge in [0.2, 0.25) is 23.7 Å². The van der Waals surface area contributed by atoms with E-state index in [1.54, 1.807) is 77.7 Å². The molecular formula is C54H63N14O7PS. The third-order valence-corrected chi connectivity index (χ3v) is 18.0. The standard InChI is InChI=1S/C54H63N14O7PS/c1-33-9-8-18-74-52-42(45-25-36(23-34(2)57-45)49(69)61-53-60-44-13-11-40(28-48(44)66(53)31-33)76(71)21-16-64(4)17-22-76)30-56-68(52)15-14-38-24-37-26-46(58-38)41-29-55-65(5)51(41)75-20-19-73-35(3)32-67-47-27-39(63-77(6,7)72)10-12-43(47)59-54(67)62-50(37)70/h10-13,23-30,33,35H,8-9,14-22,31-32H2,1-7H3,(H,59,62,70)(H,60,61,69)/t33-,35+/m1/s1. The molecule has 1 fully saturated rings. The van der Waals surface area contributed by atoms with Gasteiger partial charge in [-0.15, -0.1) is 0 Å². The van der Waals surface area contributed by atoms with Crippen LogP contribution in [0.4, 0.5) is 17.6 Å². The van der Waals surface area contributed by atoms with E-state index in [4.69, 9.17) is 39.2 Å². The van der Waals surface area contributed by atoms with Crippen molar-refractivity contribution < 1.29 is 32.6 Å². The molecule has 0 aliphatic carbocycles. The van der Waals surface area contributed by atoms with Gasteiger partial charge in [0.25, 0.3) is 11.8 Å². The summed E-state index contributed by atoms with van der Waals surface area (Å²) in [5, 5.41) is 16.4. The van der Waals surface area contributed by atoms with Crippen LogP contribution in [0.2, 0.25) is 0 Å². The molecule has 21 nitrogen and oxygen atoms in total. The number of carbonyl (C=O) groups is 2. The van der Waals surface area contributed by atoms with Crippen LogP contribution in [0, 0.1) is 12.8 Å². The number of aromatic nitrogens is 10. The van der Waals surface area contributed by atoms with Crippen molar-refractivity contribution in [2.24, 2.45) is 17.3 Å². The molecule has 77 heavy (non-hydrogen) atoms. The molecule has 11 rings (SSSR count). The first-order chi connectivity index (χ1) is 36.9. The number of carbonyl (C=O) groups excluding carboxylic acids is 2. The Labute approximate surface area is 446 Å². The van der Waals surface area contributed by atoms with Crippen molar-refractivity contribution in [1.82, 2.24) is 53.5 Å². The zero-order valence-corrected chi connectivity index (χ0v) is 46.1. The number of imidazole rings is 2. The van der Waals surface area contributed by atoms with E-state index in [1.165, 1.54) is 0 Å². The van der Waals surface area contributed by atoms with Crippen molar-refractivity contribution in [2.75, 3.05) is 75.4 Å². The number of nitrogens with zero attached hydrogens (tertiary/aromatic N) is 12. The molecule has 23 heteroatoms. The van der Waals surface area contributed by atoms with E-state index in [0.717, 1.165) is 35.8 Å². The number of rotatable bonds is 5. The fourth-order valence-electron chi connectivity index (χ4n) is 10.3. The van der Waals surface area contributed by atoms with Crippen molar-refractivity contribution in [3.8, 4) is 34.3 Å². The molecule has 6 aromatic heterocycles. The minimum absolute atomic E-state index is 0.153. The molecule has 2 atom stereocenters. The highest BCUT2D eigenvalue weighted by Gasteiger charge is 2.31. The summed E-state index contributed by atoms with van der Waals surface area (Å²) in [7, 11) is -1.20. The summed E-state index contributed by atoms with van der Waals surface area (Å²) in [4.78, 5) is 50.8. The maximum absolute atomic E-state index is 14.6. The van der Waals surface area contributed by atoms with Crippen LogP contribution in [-0.2, 0) is 52.1 Å². The monoisotopic (exact) mass is 1080 g/mol. The Morgan fingerprint density at radius 3 is 2.14 bits per heavy atom. The highest BCUT2D eigenvalue weighted by atomic mass is 32.2. The van der Waals surface area contributed by atoms with Crippen LogP contribution in [0.1, 0.15) is 58.8 Å². The van der Waals surface area contributed by atoms with E-state index in [9.17, 15) is 18.4 Å². The number of hydrogen-bond acceptors (Lipinski definition) is 15. The number of benzene rings is 2. The Morgan fingerprint density at radius 1 is 0.753 bits per heavy atom. The van der Waals surface area contributed by atoms with Crippen LogP contribution in [0.15, 0.2) is 77.4 Å². The second kappa shape index (κ2) is 20.9. The van der Waals surface area contributed by atoms with Crippen LogP contribution in [0.5, 0.6) is 11.8 Å². The van der Waals surface area contributed by atoms with Crippen LogP contribution >= 0.6 is 7.14 Å². The normalized spacial score (nSPS) is 18.7. The van der Waals surface area contributed by atoms with Gasteiger partial charge in [0.05, 0.1) is 95.1 Å². The fourth-order valence-corrected chi connectivity index (χ4v) is 13.7. The lowest BCUT2D eigenvalue weighted by molar-refractivity contribution is 0.0344. The Hall–Kier alpha value is -7.26. The van der Waals surface area contributed by atoms with Crippen LogP contribution in [-0.4, -0.2) is 140 Å². The molecule has 2 aromatic carbocycles. The lowest BCUT2D eigenvalue weighted by Gasteiger charge is -2.29.